The van der Waals surface area contributed by atoms with Crippen LogP contribution in [-0.2, 0) is 9.59 Å². The average molecular weight is 274 g/mol. The zero-order valence-electron chi connectivity index (χ0n) is 10.9. The summed E-state index contributed by atoms with van der Waals surface area (Å²) in [5.74, 6) is -0.183. The number of hydrogen-bond acceptors (Lipinski definition) is 4. The van der Waals surface area contributed by atoms with Gasteiger partial charge in [-0.3, -0.25) is 9.59 Å². The third kappa shape index (κ3) is 3.88. The van der Waals surface area contributed by atoms with Crippen molar-refractivity contribution in [2.24, 2.45) is 0 Å². The van der Waals surface area contributed by atoms with Gasteiger partial charge in [0.15, 0.2) is 0 Å². The minimum Gasteiger partial charge on any atom is -0.391 e. The fourth-order valence-corrected chi connectivity index (χ4v) is 2.63. The minimum absolute atomic E-state index is 0.151. The monoisotopic (exact) mass is 274 g/mol. The summed E-state index contributed by atoms with van der Waals surface area (Å²) < 4.78 is 0. The number of likely N-dealkylation sites (N-methyl/N-ethyl adjacent to an activating group) is 1. The Balaban J connectivity index is 2.65. The molecule has 1 rings (SSSR count). The zero-order chi connectivity index (χ0) is 13.7. The molecule has 0 heterocycles. The van der Waals surface area contributed by atoms with E-state index in [2.05, 4.69) is 17.9 Å². The van der Waals surface area contributed by atoms with Crippen LogP contribution in [0.15, 0.2) is 0 Å². The van der Waals surface area contributed by atoms with Crippen LogP contribution in [0.4, 0.5) is 0 Å². The highest BCUT2D eigenvalue weighted by atomic mass is 32.1. The molecule has 0 spiro atoms. The largest absolute Gasteiger partial charge is 0.391 e. The van der Waals surface area contributed by atoms with Gasteiger partial charge in [0.05, 0.1) is 12.1 Å². The summed E-state index contributed by atoms with van der Waals surface area (Å²) in [5.41, 5.74) is 0. The van der Waals surface area contributed by atoms with E-state index in [0.717, 1.165) is 25.7 Å². The number of hydrogen-bond donors (Lipinski definition) is 3. The van der Waals surface area contributed by atoms with Crippen molar-refractivity contribution in [3.63, 3.8) is 0 Å². The van der Waals surface area contributed by atoms with Crippen molar-refractivity contribution in [3.05, 3.63) is 0 Å². The number of amides is 2. The lowest BCUT2D eigenvalue weighted by Crippen LogP contribution is -2.54. The topological polar surface area (TPSA) is 69.6 Å². The predicted octanol–water partition coefficient (Wildman–Crippen LogP) is 0.183. The van der Waals surface area contributed by atoms with Gasteiger partial charge in [-0.25, -0.2) is 0 Å². The number of nitrogens with one attached hydrogen (secondary N) is 1. The molecule has 1 aliphatic carbocycles. The van der Waals surface area contributed by atoms with Crippen LogP contribution in [0.3, 0.4) is 0 Å². The van der Waals surface area contributed by atoms with Gasteiger partial charge in [0.1, 0.15) is 6.04 Å². The van der Waals surface area contributed by atoms with Crippen LogP contribution in [0.1, 0.15) is 32.6 Å². The van der Waals surface area contributed by atoms with Crippen LogP contribution in [0, 0.1) is 0 Å². The fourth-order valence-electron chi connectivity index (χ4n) is 2.38. The Hall–Kier alpha value is -0.750. The molecule has 104 valence electrons. The highest BCUT2D eigenvalue weighted by Gasteiger charge is 2.32. The molecule has 2 N–H and O–H groups in total. The quantitative estimate of drug-likeness (QED) is 0.641. The maximum absolute atomic E-state index is 12.2. The van der Waals surface area contributed by atoms with Gasteiger partial charge in [-0.2, -0.15) is 12.6 Å². The lowest BCUT2D eigenvalue weighted by molar-refractivity contribution is -0.139. The molecular formula is C12H22N2O3S. The molecule has 3 atom stereocenters. The molecule has 0 saturated heterocycles. The number of aliphatic hydroxyl groups is 1. The summed E-state index contributed by atoms with van der Waals surface area (Å²) in [6.45, 7) is 1.37. The number of nitrogens with zero attached hydrogens (tertiary/aromatic N) is 1. The minimum atomic E-state index is -0.620. The summed E-state index contributed by atoms with van der Waals surface area (Å²) in [5, 5.41) is 12.5. The highest BCUT2D eigenvalue weighted by molar-refractivity contribution is 7.80. The maximum atomic E-state index is 12.2. The molecule has 0 aromatic carbocycles. The van der Waals surface area contributed by atoms with E-state index in [1.165, 1.54) is 6.92 Å². The number of carbonyl (C=O) groups excluding carboxylic acids is 2. The second-order valence-corrected chi connectivity index (χ2v) is 5.17. The van der Waals surface area contributed by atoms with Crippen LogP contribution in [0.5, 0.6) is 0 Å². The summed E-state index contributed by atoms with van der Waals surface area (Å²) in [7, 11) is 1.68. The van der Waals surface area contributed by atoms with Crippen LogP contribution in [-0.4, -0.2) is 52.8 Å². The Morgan fingerprint density at radius 2 is 2.06 bits per heavy atom. The Kier molecular flexibility index (Phi) is 5.95. The molecule has 2 amide bonds. The van der Waals surface area contributed by atoms with Crippen LogP contribution in [0.25, 0.3) is 0 Å². The standard InChI is InChI=1S/C12H22N2O3S/c1-8(15)13-9(7-18)12(17)14(2)10-5-3-4-6-11(10)16/h9-11,16,18H,3-7H2,1-2H3,(H,13,15). The van der Waals surface area contributed by atoms with E-state index in [1.807, 2.05) is 0 Å². The van der Waals surface area contributed by atoms with Crippen molar-refractivity contribution < 1.29 is 14.7 Å². The van der Waals surface area contributed by atoms with Gasteiger partial charge >= 0.3 is 0 Å². The molecule has 18 heavy (non-hydrogen) atoms. The lowest BCUT2D eigenvalue weighted by atomic mass is 9.91. The van der Waals surface area contributed by atoms with Crippen molar-refractivity contribution in [1.82, 2.24) is 10.2 Å². The van der Waals surface area contributed by atoms with E-state index < -0.39 is 12.1 Å². The van der Waals surface area contributed by atoms with Gasteiger partial charge in [0.25, 0.3) is 0 Å². The average Bonchev–Trinajstić information content (AvgIpc) is 2.34. The van der Waals surface area contributed by atoms with E-state index in [-0.39, 0.29) is 23.6 Å². The fraction of sp³-hybridized carbons (Fsp3) is 0.833. The van der Waals surface area contributed by atoms with Crippen LogP contribution < -0.4 is 5.32 Å². The molecule has 1 saturated carbocycles. The van der Waals surface area contributed by atoms with E-state index in [4.69, 9.17) is 0 Å². The van der Waals surface area contributed by atoms with Gasteiger partial charge in [-0.1, -0.05) is 12.8 Å². The SMILES string of the molecule is CC(=O)NC(CS)C(=O)N(C)C1CCCCC1O. The van der Waals surface area contributed by atoms with E-state index in [9.17, 15) is 14.7 Å². The first kappa shape index (κ1) is 15.3. The summed E-state index contributed by atoms with van der Waals surface area (Å²) in [6, 6.07) is -0.771. The van der Waals surface area contributed by atoms with E-state index in [1.54, 1.807) is 11.9 Å². The zero-order valence-corrected chi connectivity index (χ0v) is 11.8. The van der Waals surface area contributed by atoms with Crippen molar-refractivity contribution >= 4 is 24.4 Å². The number of carbonyl (C=O) groups is 2. The van der Waals surface area contributed by atoms with Gasteiger partial charge < -0.3 is 15.3 Å². The molecule has 1 fully saturated rings. The lowest BCUT2D eigenvalue weighted by Gasteiger charge is -2.36. The molecule has 0 radical (unpaired) electrons. The van der Waals surface area contributed by atoms with Crippen molar-refractivity contribution in [2.75, 3.05) is 12.8 Å². The van der Waals surface area contributed by atoms with Gasteiger partial charge in [0.2, 0.25) is 11.8 Å². The molecule has 1 aliphatic rings. The molecule has 0 aromatic heterocycles. The molecule has 5 nitrogen and oxygen atoms in total. The maximum Gasteiger partial charge on any atom is 0.246 e. The van der Waals surface area contributed by atoms with Crippen molar-refractivity contribution in [3.8, 4) is 0 Å². The predicted molar refractivity (Wildman–Crippen MR) is 72.5 cm³/mol. The van der Waals surface area contributed by atoms with E-state index in [0.29, 0.717) is 0 Å². The van der Waals surface area contributed by atoms with Gasteiger partial charge in [-0.15, -0.1) is 0 Å². The Morgan fingerprint density at radius 3 is 2.56 bits per heavy atom. The summed E-state index contributed by atoms with van der Waals surface area (Å²) >= 11 is 4.09. The Labute approximate surface area is 113 Å². The molecule has 0 aliphatic heterocycles. The second-order valence-electron chi connectivity index (χ2n) is 4.80. The van der Waals surface area contributed by atoms with Gasteiger partial charge in [-0.05, 0) is 12.8 Å². The third-order valence-electron chi connectivity index (χ3n) is 3.40. The van der Waals surface area contributed by atoms with Crippen LogP contribution in [0.2, 0.25) is 0 Å². The molecule has 0 bridgehead atoms. The van der Waals surface area contributed by atoms with Crippen molar-refractivity contribution in [1.29, 1.82) is 0 Å². The summed E-state index contributed by atoms with van der Waals surface area (Å²) in [4.78, 5) is 24.8. The van der Waals surface area contributed by atoms with Gasteiger partial charge in [0, 0.05) is 19.7 Å². The molecular weight excluding hydrogens is 252 g/mol. The molecule has 3 unspecified atom stereocenters. The number of aliphatic hydroxyl groups excluding tert-OH is 1. The normalized spacial score (nSPS) is 25.3. The second kappa shape index (κ2) is 6.99. The number of rotatable bonds is 4. The highest BCUT2D eigenvalue weighted by Crippen LogP contribution is 2.22. The van der Waals surface area contributed by atoms with E-state index >= 15 is 0 Å². The summed E-state index contributed by atoms with van der Waals surface area (Å²) in [6.07, 6.45) is 3.09. The Bertz CT molecular complexity index is 312. The first-order valence-electron chi connectivity index (χ1n) is 6.30. The third-order valence-corrected chi connectivity index (χ3v) is 3.76. The first-order chi connectivity index (χ1) is 8.47. The van der Waals surface area contributed by atoms with Crippen LogP contribution >= 0.6 is 12.6 Å². The molecule has 0 aromatic rings. The first-order valence-corrected chi connectivity index (χ1v) is 6.93. The number of thiol groups is 1. The molecule has 6 heteroatoms. The smallest absolute Gasteiger partial charge is 0.246 e. The Morgan fingerprint density at radius 1 is 1.44 bits per heavy atom. The van der Waals surface area contributed by atoms with Crippen molar-refractivity contribution in [2.45, 2.75) is 50.8 Å².